The lowest BCUT2D eigenvalue weighted by molar-refractivity contribution is -0.128. The number of nitrogens with zero attached hydrogens (tertiary/aromatic N) is 2. The van der Waals surface area contributed by atoms with Gasteiger partial charge in [-0.3, -0.25) is 9.79 Å². The molecule has 0 spiro atoms. The van der Waals surface area contributed by atoms with E-state index < -0.39 is 0 Å². The smallest absolute Gasteiger partial charge is 0.241 e. The van der Waals surface area contributed by atoms with Crippen molar-refractivity contribution in [2.24, 2.45) is 10.9 Å². The molecule has 0 aromatic rings. The number of amides is 1. The van der Waals surface area contributed by atoms with Crippen LogP contribution in [0, 0.1) is 5.92 Å². The molecule has 2 aliphatic rings. The highest BCUT2D eigenvalue weighted by Crippen LogP contribution is 2.25. The number of hydrogen-bond acceptors (Lipinski definition) is 4. The van der Waals surface area contributed by atoms with Gasteiger partial charge < -0.3 is 10.2 Å². The molecule has 0 aromatic heterocycles. The monoisotopic (exact) mass is 255 g/mol. The number of aliphatic imine (C=N–C) groups is 1. The van der Waals surface area contributed by atoms with Crippen molar-refractivity contribution in [3.8, 4) is 0 Å². The maximum atomic E-state index is 11.8. The molecular formula is C12H21N3OS. The van der Waals surface area contributed by atoms with Crippen LogP contribution in [0.4, 0.5) is 0 Å². The predicted octanol–water partition coefficient (Wildman–Crippen LogP) is 1.33. The summed E-state index contributed by atoms with van der Waals surface area (Å²) in [4.78, 5) is 18.2. The van der Waals surface area contributed by atoms with Gasteiger partial charge in [-0.2, -0.15) is 0 Å². The van der Waals surface area contributed by atoms with Crippen LogP contribution >= 0.6 is 11.8 Å². The van der Waals surface area contributed by atoms with Crippen LogP contribution in [0.15, 0.2) is 4.99 Å². The van der Waals surface area contributed by atoms with Crippen LogP contribution in [0.3, 0.4) is 0 Å². The van der Waals surface area contributed by atoms with E-state index in [0.717, 1.165) is 37.6 Å². The van der Waals surface area contributed by atoms with E-state index in [1.165, 1.54) is 0 Å². The number of carbonyl (C=O) groups is 1. The van der Waals surface area contributed by atoms with Crippen molar-refractivity contribution in [3.05, 3.63) is 0 Å². The lowest BCUT2D eigenvalue weighted by Crippen LogP contribution is -2.37. The summed E-state index contributed by atoms with van der Waals surface area (Å²) in [5, 5.41) is 4.67. The minimum absolute atomic E-state index is 0.207. The second kappa shape index (κ2) is 5.76. The number of likely N-dealkylation sites (tertiary alicyclic amines) is 1. The Morgan fingerprint density at radius 2 is 2.24 bits per heavy atom. The number of carbonyl (C=O) groups excluding carboxylic acids is 1. The molecule has 1 atom stereocenters. The molecule has 4 nitrogen and oxygen atoms in total. The standard InChI is InChI=1S/C12H21N3OS/c1-9(2)10-7-13-12(17-10)14-8-11(16)15-5-3-4-6-15/h9-10H,3-8H2,1-2H3,(H,13,14). The van der Waals surface area contributed by atoms with Crippen LogP contribution in [0.2, 0.25) is 0 Å². The molecule has 2 rings (SSSR count). The Bertz CT molecular complexity index is 311. The second-order valence-corrected chi connectivity index (χ2v) is 6.22. The molecule has 0 radical (unpaired) electrons. The zero-order valence-corrected chi connectivity index (χ0v) is 11.4. The van der Waals surface area contributed by atoms with Crippen LogP contribution in [0.5, 0.6) is 0 Å². The minimum Gasteiger partial charge on any atom is -0.356 e. The van der Waals surface area contributed by atoms with Gasteiger partial charge in [-0.15, -0.1) is 0 Å². The van der Waals surface area contributed by atoms with Gasteiger partial charge in [-0.25, -0.2) is 0 Å². The Hall–Kier alpha value is -0.710. The molecule has 2 aliphatic heterocycles. The van der Waals surface area contributed by atoms with Crippen LogP contribution < -0.4 is 5.32 Å². The van der Waals surface area contributed by atoms with Gasteiger partial charge in [0, 0.05) is 18.3 Å². The second-order valence-electron chi connectivity index (χ2n) is 4.99. The van der Waals surface area contributed by atoms with Crippen molar-refractivity contribution >= 4 is 22.8 Å². The summed E-state index contributed by atoms with van der Waals surface area (Å²) in [5.74, 6) is 0.844. The number of hydrogen-bond donors (Lipinski definition) is 1. The lowest BCUT2D eigenvalue weighted by atomic mass is 10.1. The van der Waals surface area contributed by atoms with Gasteiger partial charge in [0.1, 0.15) is 0 Å². The van der Waals surface area contributed by atoms with E-state index in [9.17, 15) is 4.79 Å². The lowest BCUT2D eigenvalue weighted by Gasteiger charge is -2.16. The van der Waals surface area contributed by atoms with E-state index in [-0.39, 0.29) is 5.91 Å². The summed E-state index contributed by atoms with van der Waals surface area (Å²) in [7, 11) is 0. The fraction of sp³-hybridized carbons (Fsp3) is 0.833. The molecule has 1 fully saturated rings. The molecule has 1 unspecified atom stereocenters. The molecule has 1 N–H and O–H groups in total. The van der Waals surface area contributed by atoms with Crippen LogP contribution in [-0.4, -0.2) is 47.4 Å². The quantitative estimate of drug-likeness (QED) is 0.827. The number of rotatable bonds is 3. The van der Waals surface area contributed by atoms with Gasteiger partial charge in [0.2, 0.25) is 5.91 Å². The summed E-state index contributed by atoms with van der Waals surface area (Å²) in [6.45, 7) is 7.56. The average Bonchev–Trinajstić information content (AvgIpc) is 2.97. The highest BCUT2D eigenvalue weighted by molar-refractivity contribution is 8.14. The van der Waals surface area contributed by atoms with E-state index in [2.05, 4.69) is 24.2 Å². The zero-order chi connectivity index (χ0) is 12.3. The Kier molecular flexibility index (Phi) is 4.31. The molecular weight excluding hydrogens is 234 g/mol. The summed E-state index contributed by atoms with van der Waals surface area (Å²) >= 11 is 1.77. The Balaban J connectivity index is 1.70. The SMILES string of the molecule is CC(C)C1CN=C(NCC(=O)N2CCCC2)S1. The third-order valence-corrected chi connectivity index (χ3v) is 4.76. The van der Waals surface area contributed by atoms with Gasteiger partial charge in [-0.1, -0.05) is 25.6 Å². The van der Waals surface area contributed by atoms with Gasteiger partial charge in [0.15, 0.2) is 5.17 Å². The first-order valence-electron chi connectivity index (χ1n) is 6.39. The molecule has 96 valence electrons. The molecule has 5 heteroatoms. The number of nitrogens with one attached hydrogen (secondary N) is 1. The first-order valence-corrected chi connectivity index (χ1v) is 7.27. The number of amidine groups is 1. The summed E-state index contributed by atoms with van der Waals surface area (Å²) < 4.78 is 0. The van der Waals surface area contributed by atoms with Gasteiger partial charge in [0.25, 0.3) is 0 Å². The van der Waals surface area contributed by atoms with Crippen molar-refractivity contribution in [1.29, 1.82) is 0 Å². The van der Waals surface area contributed by atoms with Gasteiger partial charge in [0.05, 0.1) is 13.1 Å². The van der Waals surface area contributed by atoms with E-state index >= 15 is 0 Å². The molecule has 2 heterocycles. The van der Waals surface area contributed by atoms with Gasteiger partial charge >= 0.3 is 0 Å². The van der Waals surface area contributed by atoms with E-state index in [4.69, 9.17) is 0 Å². The molecule has 1 saturated heterocycles. The van der Waals surface area contributed by atoms with Crippen molar-refractivity contribution in [2.75, 3.05) is 26.2 Å². The average molecular weight is 255 g/mol. The molecule has 0 bridgehead atoms. The van der Waals surface area contributed by atoms with E-state index in [1.807, 2.05) is 4.90 Å². The Morgan fingerprint density at radius 1 is 1.53 bits per heavy atom. The molecule has 0 aliphatic carbocycles. The normalized spacial score (nSPS) is 24.3. The zero-order valence-electron chi connectivity index (χ0n) is 10.6. The molecule has 0 saturated carbocycles. The van der Waals surface area contributed by atoms with Crippen molar-refractivity contribution in [3.63, 3.8) is 0 Å². The third-order valence-electron chi connectivity index (χ3n) is 3.27. The summed E-state index contributed by atoms with van der Waals surface area (Å²) in [6.07, 6.45) is 2.30. The van der Waals surface area contributed by atoms with Crippen LogP contribution in [-0.2, 0) is 4.79 Å². The summed E-state index contributed by atoms with van der Waals surface area (Å²) in [6, 6.07) is 0. The van der Waals surface area contributed by atoms with Crippen molar-refractivity contribution in [1.82, 2.24) is 10.2 Å². The van der Waals surface area contributed by atoms with E-state index in [0.29, 0.717) is 17.7 Å². The highest BCUT2D eigenvalue weighted by Gasteiger charge is 2.23. The van der Waals surface area contributed by atoms with Gasteiger partial charge in [-0.05, 0) is 18.8 Å². The maximum Gasteiger partial charge on any atom is 0.241 e. The van der Waals surface area contributed by atoms with E-state index in [1.54, 1.807) is 11.8 Å². The first kappa shape index (κ1) is 12.7. The largest absolute Gasteiger partial charge is 0.356 e. The van der Waals surface area contributed by atoms with Crippen LogP contribution in [0.25, 0.3) is 0 Å². The Labute approximate surface area is 107 Å². The minimum atomic E-state index is 0.207. The fourth-order valence-electron chi connectivity index (χ4n) is 2.06. The first-order chi connectivity index (χ1) is 8.16. The third kappa shape index (κ3) is 3.37. The topological polar surface area (TPSA) is 44.7 Å². The number of thioether (sulfide) groups is 1. The Morgan fingerprint density at radius 3 is 2.82 bits per heavy atom. The fourth-order valence-corrected chi connectivity index (χ4v) is 3.08. The maximum absolute atomic E-state index is 11.8. The molecule has 17 heavy (non-hydrogen) atoms. The molecule has 1 amide bonds. The highest BCUT2D eigenvalue weighted by atomic mass is 32.2. The predicted molar refractivity (Wildman–Crippen MR) is 72.3 cm³/mol. The van der Waals surface area contributed by atoms with Crippen molar-refractivity contribution < 1.29 is 4.79 Å². The summed E-state index contributed by atoms with van der Waals surface area (Å²) in [5.41, 5.74) is 0. The van der Waals surface area contributed by atoms with Crippen molar-refractivity contribution in [2.45, 2.75) is 31.9 Å². The molecule has 0 aromatic carbocycles. The van der Waals surface area contributed by atoms with Crippen LogP contribution in [0.1, 0.15) is 26.7 Å².